The smallest absolute Gasteiger partial charge is 0.388 e. The van der Waals surface area contributed by atoms with E-state index in [1.165, 1.54) is 0 Å². The largest absolute Gasteiger partial charge is 0.417 e. The number of aliphatic hydroxyl groups excluding tert-OH is 3. The van der Waals surface area contributed by atoms with Gasteiger partial charge in [-0.3, -0.25) is 4.99 Å². The maximum absolute atomic E-state index is 12.5. The van der Waals surface area contributed by atoms with Crippen LogP contribution in [-0.4, -0.2) is 69.1 Å². The molecule has 10 heteroatoms. The van der Waals surface area contributed by atoms with Crippen LogP contribution in [0.5, 0.6) is 0 Å². The number of amidine groups is 1. The summed E-state index contributed by atoms with van der Waals surface area (Å²) in [7, 11) is 0. The summed E-state index contributed by atoms with van der Waals surface area (Å²) in [4.78, 5) is 4.04. The number of ether oxygens (including phenoxy) is 1. The summed E-state index contributed by atoms with van der Waals surface area (Å²) >= 11 is 1.02. The molecule has 1 unspecified atom stereocenters. The first-order valence-electron chi connectivity index (χ1n) is 5.99. The standard InChI is InChI=1S/C10H15F3N2O4S/c1-2-14-9-15-3-4(16)5(17)6(19-8(3)20-9)7(18)10(11,12)13/h3-8,16-18H,2H2,1H3,(H,14,15)/t3-,4-,5+,6+,7?,8-/m1/s1. The molecule has 0 aromatic rings. The van der Waals surface area contributed by atoms with E-state index in [0.717, 1.165) is 11.8 Å². The molecule has 6 nitrogen and oxygen atoms in total. The Morgan fingerprint density at radius 3 is 2.60 bits per heavy atom. The molecule has 2 fully saturated rings. The highest BCUT2D eigenvalue weighted by molar-refractivity contribution is 8.14. The number of thioether (sulfide) groups is 1. The number of halogens is 3. The van der Waals surface area contributed by atoms with Gasteiger partial charge in [-0.15, -0.1) is 0 Å². The second kappa shape index (κ2) is 5.68. The average molecular weight is 316 g/mol. The lowest BCUT2D eigenvalue weighted by Crippen LogP contribution is -2.63. The lowest BCUT2D eigenvalue weighted by Gasteiger charge is -2.40. The summed E-state index contributed by atoms with van der Waals surface area (Å²) in [6, 6.07) is -0.767. The van der Waals surface area contributed by atoms with Gasteiger partial charge in [-0.1, -0.05) is 11.8 Å². The molecule has 20 heavy (non-hydrogen) atoms. The van der Waals surface area contributed by atoms with Crippen LogP contribution in [0.15, 0.2) is 4.99 Å². The first-order valence-corrected chi connectivity index (χ1v) is 6.87. The molecule has 2 aliphatic heterocycles. The maximum Gasteiger partial charge on any atom is 0.417 e. The number of alkyl halides is 3. The van der Waals surface area contributed by atoms with Gasteiger partial charge in [0, 0.05) is 6.54 Å². The highest BCUT2D eigenvalue weighted by atomic mass is 32.2. The molecule has 2 saturated heterocycles. The Kier molecular flexibility index (Phi) is 4.50. The van der Waals surface area contributed by atoms with E-state index in [4.69, 9.17) is 4.74 Å². The molecule has 0 bridgehead atoms. The zero-order valence-electron chi connectivity index (χ0n) is 10.4. The van der Waals surface area contributed by atoms with Crippen LogP contribution in [-0.2, 0) is 4.74 Å². The van der Waals surface area contributed by atoms with Crippen molar-refractivity contribution >= 4 is 16.9 Å². The zero-order valence-corrected chi connectivity index (χ0v) is 11.2. The number of nitrogens with zero attached hydrogens (tertiary/aromatic N) is 1. The molecule has 0 aromatic heterocycles. The lowest BCUT2D eigenvalue weighted by atomic mass is 9.94. The van der Waals surface area contributed by atoms with Crippen molar-refractivity contribution in [3.8, 4) is 0 Å². The molecular formula is C10H15F3N2O4S. The van der Waals surface area contributed by atoms with E-state index in [2.05, 4.69) is 10.3 Å². The monoisotopic (exact) mass is 316 g/mol. The average Bonchev–Trinajstić information content (AvgIpc) is 2.75. The summed E-state index contributed by atoms with van der Waals surface area (Å²) < 4.78 is 42.6. The van der Waals surface area contributed by atoms with Gasteiger partial charge in [0.2, 0.25) is 0 Å². The van der Waals surface area contributed by atoms with Gasteiger partial charge in [0.15, 0.2) is 11.3 Å². The molecule has 2 rings (SSSR count). The summed E-state index contributed by atoms with van der Waals surface area (Å²) in [6.45, 7) is 2.24. The number of rotatable bonds is 2. The number of hydrogen-bond donors (Lipinski definition) is 4. The van der Waals surface area contributed by atoms with Crippen molar-refractivity contribution in [1.82, 2.24) is 5.32 Å². The third-order valence-corrected chi connectivity index (χ3v) is 4.21. The Morgan fingerprint density at radius 2 is 2.05 bits per heavy atom. The van der Waals surface area contributed by atoms with E-state index in [1.54, 1.807) is 6.92 Å². The lowest BCUT2D eigenvalue weighted by molar-refractivity contribution is -0.272. The van der Waals surface area contributed by atoms with Crippen molar-refractivity contribution in [3.05, 3.63) is 0 Å². The van der Waals surface area contributed by atoms with Crippen LogP contribution in [0.1, 0.15) is 6.92 Å². The fraction of sp³-hybridized carbons (Fsp3) is 0.900. The van der Waals surface area contributed by atoms with Gasteiger partial charge in [-0.25, -0.2) is 0 Å². The summed E-state index contributed by atoms with van der Waals surface area (Å²) in [5.41, 5.74) is -0.847. The topological polar surface area (TPSA) is 94.3 Å². The van der Waals surface area contributed by atoms with Gasteiger partial charge in [0.05, 0.1) is 6.04 Å². The third kappa shape index (κ3) is 2.89. The van der Waals surface area contributed by atoms with Crippen LogP contribution in [0.4, 0.5) is 13.2 Å². The van der Waals surface area contributed by atoms with E-state index in [-0.39, 0.29) is 0 Å². The molecule has 0 aromatic carbocycles. The predicted molar refractivity (Wildman–Crippen MR) is 65.2 cm³/mol. The van der Waals surface area contributed by atoms with Gasteiger partial charge in [0.25, 0.3) is 0 Å². The molecule has 116 valence electrons. The minimum Gasteiger partial charge on any atom is -0.388 e. The Labute approximate surface area is 117 Å². The molecule has 0 radical (unpaired) electrons. The highest BCUT2D eigenvalue weighted by Gasteiger charge is 2.56. The fourth-order valence-electron chi connectivity index (χ4n) is 2.10. The van der Waals surface area contributed by atoms with Crippen molar-refractivity contribution in [2.45, 2.75) is 49.0 Å². The van der Waals surface area contributed by atoms with Gasteiger partial charge in [-0.2, -0.15) is 13.2 Å². The number of aliphatic imine (C=N–C) groups is 1. The molecule has 4 N–H and O–H groups in total. The number of hydrogen-bond acceptors (Lipinski definition) is 6. The van der Waals surface area contributed by atoms with Crippen LogP contribution in [0.25, 0.3) is 0 Å². The minimum absolute atomic E-state index is 0.427. The van der Waals surface area contributed by atoms with Crippen molar-refractivity contribution < 1.29 is 33.2 Å². The number of fused-ring (bicyclic) bond motifs is 1. The van der Waals surface area contributed by atoms with E-state index in [1.807, 2.05) is 0 Å². The zero-order chi connectivity index (χ0) is 15.1. The molecule has 0 aliphatic carbocycles. The molecule has 2 aliphatic rings. The Balaban J connectivity index is 2.15. The SMILES string of the molecule is CCN=C1N[C@@H]2[C@@H](O)[C@H](O)[C@@H](C(O)C(F)(F)F)O[C@@H]2S1. The van der Waals surface area contributed by atoms with Gasteiger partial charge in [0.1, 0.15) is 23.7 Å². The van der Waals surface area contributed by atoms with Crippen molar-refractivity contribution in [2.24, 2.45) is 4.99 Å². The van der Waals surface area contributed by atoms with E-state index < -0.39 is 42.1 Å². The van der Waals surface area contributed by atoms with Crippen LogP contribution in [0, 0.1) is 0 Å². The van der Waals surface area contributed by atoms with Crippen molar-refractivity contribution in [3.63, 3.8) is 0 Å². The Bertz CT molecular complexity index is 395. The van der Waals surface area contributed by atoms with Gasteiger partial charge >= 0.3 is 6.18 Å². The van der Waals surface area contributed by atoms with Crippen LogP contribution in [0.3, 0.4) is 0 Å². The minimum atomic E-state index is -4.94. The highest BCUT2D eigenvalue weighted by Crippen LogP contribution is 2.37. The first kappa shape index (κ1) is 15.8. The Morgan fingerprint density at radius 1 is 1.40 bits per heavy atom. The normalized spacial score (nSPS) is 41.4. The van der Waals surface area contributed by atoms with E-state index in [0.29, 0.717) is 11.7 Å². The summed E-state index contributed by atoms with van der Waals surface area (Å²) in [5.74, 6) is 0. The van der Waals surface area contributed by atoms with Crippen LogP contribution >= 0.6 is 11.8 Å². The van der Waals surface area contributed by atoms with Crippen LogP contribution in [0.2, 0.25) is 0 Å². The van der Waals surface area contributed by atoms with E-state index in [9.17, 15) is 28.5 Å². The molecule has 2 heterocycles. The third-order valence-electron chi connectivity index (χ3n) is 3.11. The Hall–Kier alpha value is -0.550. The van der Waals surface area contributed by atoms with E-state index >= 15 is 0 Å². The first-order chi connectivity index (χ1) is 9.25. The van der Waals surface area contributed by atoms with Crippen molar-refractivity contribution in [1.29, 1.82) is 0 Å². The molecule has 0 saturated carbocycles. The number of aliphatic hydroxyl groups is 3. The predicted octanol–water partition coefficient (Wildman–Crippen LogP) is -0.563. The van der Waals surface area contributed by atoms with Crippen LogP contribution < -0.4 is 5.32 Å². The van der Waals surface area contributed by atoms with Gasteiger partial charge in [-0.05, 0) is 6.92 Å². The number of nitrogens with one attached hydrogen (secondary N) is 1. The molecule has 0 spiro atoms. The second-order valence-electron chi connectivity index (χ2n) is 4.50. The van der Waals surface area contributed by atoms with Crippen molar-refractivity contribution in [2.75, 3.05) is 6.54 Å². The molecule has 6 atom stereocenters. The fourth-order valence-corrected chi connectivity index (χ4v) is 3.29. The van der Waals surface area contributed by atoms with Gasteiger partial charge < -0.3 is 25.4 Å². The summed E-state index contributed by atoms with van der Waals surface area (Å²) in [6.07, 6.45) is -13.1. The molecule has 0 amide bonds. The summed E-state index contributed by atoms with van der Waals surface area (Å²) in [5, 5.41) is 32.0. The quantitative estimate of drug-likeness (QED) is 0.545. The maximum atomic E-state index is 12.5. The second-order valence-corrected chi connectivity index (χ2v) is 5.59. The molecular weight excluding hydrogens is 301 g/mol.